The van der Waals surface area contributed by atoms with Crippen LogP contribution in [0.4, 0.5) is 5.69 Å². The quantitative estimate of drug-likeness (QED) is 0.832. The molecule has 2 atom stereocenters. The van der Waals surface area contributed by atoms with Gasteiger partial charge in [0, 0.05) is 0 Å². The lowest BCUT2D eigenvalue weighted by molar-refractivity contribution is -0.125. The fourth-order valence-corrected chi connectivity index (χ4v) is 3.18. The number of imide groups is 1. The van der Waals surface area contributed by atoms with Crippen molar-refractivity contribution in [1.82, 2.24) is 0 Å². The van der Waals surface area contributed by atoms with Crippen molar-refractivity contribution in [1.29, 1.82) is 0 Å². The summed E-state index contributed by atoms with van der Waals surface area (Å²) in [5, 5.41) is 0. The molecule has 1 aromatic rings. The number of hydrogen-bond donors (Lipinski definition) is 1. The van der Waals surface area contributed by atoms with Crippen molar-refractivity contribution >= 4 is 17.5 Å². The molecule has 1 heterocycles. The lowest BCUT2D eigenvalue weighted by Crippen LogP contribution is -2.36. The number of carbonyl (C=O) groups is 2. The highest BCUT2D eigenvalue weighted by molar-refractivity contribution is 6.25. The van der Waals surface area contributed by atoms with Crippen LogP contribution in [-0.4, -0.2) is 18.4 Å². The Morgan fingerprint density at radius 3 is 2.11 bits per heavy atom. The summed E-state index contributed by atoms with van der Waals surface area (Å²) in [5.74, 6) is -0.342. The van der Waals surface area contributed by atoms with Crippen molar-refractivity contribution in [3.05, 3.63) is 29.8 Å². The molecule has 1 saturated heterocycles. The lowest BCUT2D eigenvalue weighted by atomic mass is 10.0. The molecule has 4 heteroatoms. The van der Waals surface area contributed by atoms with Crippen LogP contribution in [0, 0.1) is 17.3 Å². The molecule has 0 bridgehead atoms. The third-order valence-electron chi connectivity index (χ3n) is 4.43. The molecule has 2 fully saturated rings. The summed E-state index contributed by atoms with van der Waals surface area (Å²) in [6, 6.07) is 7.52. The summed E-state index contributed by atoms with van der Waals surface area (Å²) in [5.41, 5.74) is 7.15. The van der Waals surface area contributed by atoms with Gasteiger partial charge in [-0.05, 0) is 36.1 Å². The minimum atomic E-state index is -0.149. The Morgan fingerprint density at radius 1 is 1.11 bits per heavy atom. The van der Waals surface area contributed by atoms with Gasteiger partial charge in [0.2, 0.25) is 11.8 Å². The second-order valence-corrected chi connectivity index (χ2v) is 5.99. The van der Waals surface area contributed by atoms with Gasteiger partial charge in [-0.15, -0.1) is 0 Å². The smallest absolute Gasteiger partial charge is 0.238 e. The minimum Gasteiger partial charge on any atom is -0.330 e. The molecule has 3 rings (SSSR count). The molecule has 2 N–H and O–H groups in total. The fraction of sp³-hybridized carbons (Fsp3) is 0.467. The molecule has 4 nitrogen and oxygen atoms in total. The molecule has 0 aromatic heterocycles. The Bertz CT molecular complexity index is 524. The van der Waals surface area contributed by atoms with E-state index in [1.165, 1.54) is 4.90 Å². The molecule has 2 unspecified atom stereocenters. The zero-order chi connectivity index (χ0) is 13.8. The molecule has 2 aliphatic rings. The third kappa shape index (κ3) is 1.63. The SMILES string of the molecule is CC1(C)C2C(=O)N(c3ccc(CCN)cc3)C(=O)C21. The highest BCUT2D eigenvalue weighted by atomic mass is 16.2. The summed E-state index contributed by atoms with van der Waals surface area (Å²) < 4.78 is 0. The minimum absolute atomic E-state index is 0.0495. The molecule has 1 aliphatic carbocycles. The summed E-state index contributed by atoms with van der Waals surface area (Å²) >= 11 is 0. The van der Waals surface area contributed by atoms with Gasteiger partial charge in [0.25, 0.3) is 0 Å². The van der Waals surface area contributed by atoms with E-state index in [1.54, 1.807) is 0 Å². The first-order valence-corrected chi connectivity index (χ1v) is 6.65. The summed E-state index contributed by atoms with van der Waals surface area (Å²) in [6.07, 6.45) is 0.806. The first-order chi connectivity index (χ1) is 8.98. The van der Waals surface area contributed by atoms with E-state index in [2.05, 4.69) is 0 Å². The Hall–Kier alpha value is -1.68. The van der Waals surface area contributed by atoms with Crippen molar-refractivity contribution in [2.24, 2.45) is 23.0 Å². The van der Waals surface area contributed by atoms with Crippen LogP contribution < -0.4 is 10.6 Å². The van der Waals surface area contributed by atoms with E-state index in [0.717, 1.165) is 12.0 Å². The standard InChI is InChI=1S/C15H18N2O2/c1-15(2)11-12(15)14(19)17(13(11)18)10-5-3-9(4-6-10)7-8-16/h3-6,11-12H,7-8,16H2,1-2H3. The second-order valence-electron chi connectivity index (χ2n) is 5.99. The number of nitrogens with two attached hydrogens (primary N) is 1. The van der Waals surface area contributed by atoms with Gasteiger partial charge in [0.05, 0.1) is 17.5 Å². The molecule has 0 spiro atoms. The predicted octanol–water partition coefficient (Wildman–Crippen LogP) is 1.33. The van der Waals surface area contributed by atoms with Crippen LogP contribution in [0.15, 0.2) is 24.3 Å². The number of hydrogen-bond acceptors (Lipinski definition) is 3. The Kier molecular flexibility index (Phi) is 2.54. The van der Waals surface area contributed by atoms with E-state index in [0.29, 0.717) is 12.2 Å². The molecule has 19 heavy (non-hydrogen) atoms. The maximum atomic E-state index is 12.3. The number of anilines is 1. The van der Waals surface area contributed by atoms with E-state index >= 15 is 0 Å². The van der Waals surface area contributed by atoms with Gasteiger partial charge in [-0.1, -0.05) is 26.0 Å². The van der Waals surface area contributed by atoms with Gasteiger partial charge in [-0.25, -0.2) is 0 Å². The first kappa shape index (κ1) is 12.4. The molecular weight excluding hydrogens is 240 g/mol. The van der Waals surface area contributed by atoms with Crippen LogP contribution in [0.1, 0.15) is 19.4 Å². The van der Waals surface area contributed by atoms with Gasteiger partial charge in [0.15, 0.2) is 0 Å². The monoisotopic (exact) mass is 258 g/mol. The maximum Gasteiger partial charge on any atom is 0.238 e. The van der Waals surface area contributed by atoms with E-state index in [1.807, 2.05) is 38.1 Å². The molecular formula is C15H18N2O2. The van der Waals surface area contributed by atoms with Gasteiger partial charge in [-0.3, -0.25) is 14.5 Å². The predicted molar refractivity (Wildman–Crippen MR) is 72.5 cm³/mol. The maximum absolute atomic E-state index is 12.3. The molecule has 1 saturated carbocycles. The van der Waals surface area contributed by atoms with E-state index in [4.69, 9.17) is 5.73 Å². The summed E-state index contributed by atoms with van der Waals surface area (Å²) in [4.78, 5) is 25.9. The van der Waals surface area contributed by atoms with Crippen molar-refractivity contribution in [3.63, 3.8) is 0 Å². The van der Waals surface area contributed by atoms with Gasteiger partial charge in [0.1, 0.15) is 0 Å². The number of fused-ring (bicyclic) bond motifs is 1. The zero-order valence-electron chi connectivity index (χ0n) is 11.2. The van der Waals surface area contributed by atoms with Crippen LogP contribution in [0.2, 0.25) is 0 Å². The number of nitrogens with zero attached hydrogens (tertiary/aromatic N) is 1. The number of piperidine rings is 1. The molecule has 1 aliphatic heterocycles. The average molecular weight is 258 g/mol. The van der Waals surface area contributed by atoms with E-state index in [9.17, 15) is 9.59 Å². The Labute approximate surface area is 112 Å². The highest BCUT2D eigenvalue weighted by Crippen LogP contribution is 2.63. The largest absolute Gasteiger partial charge is 0.330 e. The molecule has 0 radical (unpaired) electrons. The van der Waals surface area contributed by atoms with Crippen molar-refractivity contribution < 1.29 is 9.59 Å². The van der Waals surface area contributed by atoms with Crippen molar-refractivity contribution in [2.45, 2.75) is 20.3 Å². The summed E-state index contributed by atoms with van der Waals surface area (Å²) in [7, 11) is 0. The molecule has 2 amide bonds. The highest BCUT2D eigenvalue weighted by Gasteiger charge is 2.72. The molecule has 1 aromatic carbocycles. The van der Waals surface area contributed by atoms with Gasteiger partial charge < -0.3 is 5.73 Å². The Balaban J connectivity index is 1.85. The van der Waals surface area contributed by atoms with Crippen molar-refractivity contribution in [2.75, 3.05) is 11.4 Å². The van der Waals surface area contributed by atoms with Crippen molar-refractivity contribution in [3.8, 4) is 0 Å². The van der Waals surface area contributed by atoms with E-state index < -0.39 is 0 Å². The topological polar surface area (TPSA) is 63.4 Å². The normalized spacial score (nSPS) is 27.6. The van der Waals surface area contributed by atoms with E-state index in [-0.39, 0.29) is 29.1 Å². The van der Waals surface area contributed by atoms with Crippen LogP contribution in [0.5, 0.6) is 0 Å². The zero-order valence-corrected chi connectivity index (χ0v) is 11.2. The van der Waals surface area contributed by atoms with Crippen LogP contribution in [0.3, 0.4) is 0 Å². The van der Waals surface area contributed by atoms with Gasteiger partial charge in [-0.2, -0.15) is 0 Å². The first-order valence-electron chi connectivity index (χ1n) is 6.65. The number of amides is 2. The number of rotatable bonds is 3. The number of carbonyl (C=O) groups excluding carboxylic acids is 2. The lowest BCUT2D eigenvalue weighted by Gasteiger charge is -2.20. The van der Waals surface area contributed by atoms with Crippen LogP contribution in [-0.2, 0) is 16.0 Å². The molecule has 100 valence electrons. The van der Waals surface area contributed by atoms with Gasteiger partial charge >= 0.3 is 0 Å². The number of benzene rings is 1. The second kappa shape index (κ2) is 3.90. The average Bonchev–Trinajstić information content (AvgIpc) is 2.82. The van der Waals surface area contributed by atoms with Crippen LogP contribution in [0.25, 0.3) is 0 Å². The fourth-order valence-electron chi connectivity index (χ4n) is 3.18. The third-order valence-corrected chi connectivity index (χ3v) is 4.43. The Morgan fingerprint density at radius 2 is 1.63 bits per heavy atom. The summed E-state index contributed by atoms with van der Waals surface area (Å²) in [6.45, 7) is 4.57. The van der Waals surface area contributed by atoms with Crippen LogP contribution >= 0.6 is 0 Å².